The Morgan fingerprint density at radius 1 is 1.33 bits per heavy atom. The third-order valence-corrected chi connectivity index (χ3v) is 2.44. The zero-order valence-electron chi connectivity index (χ0n) is 9.79. The summed E-state index contributed by atoms with van der Waals surface area (Å²) in [4.78, 5) is 2.06. The Bertz CT molecular complexity index is 310. The van der Waals surface area contributed by atoms with Crippen molar-refractivity contribution in [1.82, 2.24) is 0 Å². The molecule has 1 aromatic rings. The van der Waals surface area contributed by atoms with Crippen LogP contribution in [0.2, 0.25) is 0 Å². The zero-order chi connectivity index (χ0) is 11.3. The highest BCUT2D eigenvalue weighted by atomic mass is 16.5. The molecule has 0 unspecified atom stereocenters. The van der Waals surface area contributed by atoms with E-state index in [9.17, 15) is 0 Å². The number of ether oxygens (including phenoxy) is 1. The van der Waals surface area contributed by atoms with Crippen LogP contribution in [0, 0.1) is 0 Å². The first-order chi connectivity index (χ1) is 7.19. The van der Waals surface area contributed by atoms with Gasteiger partial charge in [0.1, 0.15) is 5.75 Å². The molecule has 84 valence electrons. The van der Waals surface area contributed by atoms with Gasteiger partial charge in [0, 0.05) is 25.8 Å². The highest BCUT2D eigenvalue weighted by molar-refractivity contribution is 5.52. The monoisotopic (exact) mass is 208 g/mol. The maximum absolute atomic E-state index is 5.50. The predicted octanol–water partition coefficient (Wildman–Crippen LogP) is 1.65. The molecule has 0 atom stereocenters. The Morgan fingerprint density at radius 3 is 2.60 bits per heavy atom. The largest absolute Gasteiger partial charge is 0.496 e. The standard InChI is InChI=1S/C12H20N2O/c1-14(2)11-7-6-10(5-4-8-13)12(9-11)15-3/h6-7,9H,4-5,8,13H2,1-3H3. The molecule has 0 bridgehead atoms. The van der Waals surface area contributed by atoms with Crippen LogP contribution in [0.1, 0.15) is 12.0 Å². The summed E-state index contributed by atoms with van der Waals surface area (Å²) in [5.74, 6) is 0.953. The van der Waals surface area contributed by atoms with E-state index >= 15 is 0 Å². The van der Waals surface area contributed by atoms with Gasteiger partial charge in [-0.15, -0.1) is 0 Å². The van der Waals surface area contributed by atoms with Crippen LogP contribution in [0.25, 0.3) is 0 Å². The minimum Gasteiger partial charge on any atom is -0.496 e. The van der Waals surface area contributed by atoms with Crippen molar-refractivity contribution in [3.63, 3.8) is 0 Å². The highest BCUT2D eigenvalue weighted by Gasteiger charge is 2.04. The Labute approximate surface area is 91.8 Å². The molecule has 2 N–H and O–H groups in total. The van der Waals surface area contributed by atoms with Gasteiger partial charge in [-0.25, -0.2) is 0 Å². The van der Waals surface area contributed by atoms with E-state index in [1.165, 1.54) is 5.56 Å². The molecule has 0 spiro atoms. The van der Waals surface area contributed by atoms with Crippen LogP contribution < -0.4 is 15.4 Å². The van der Waals surface area contributed by atoms with Crippen LogP contribution in [0.15, 0.2) is 18.2 Å². The summed E-state index contributed by atoms with van der Waals surface area (Å²) in [5, 5.41) is 0. The van der Waals surface area contributed by atoms with Crippen molar-refractivity contribution < 1.29 is 4.74 Å². The Hall–Kier alpha value is -1.22. The minimum atomic E-state index is 0.721. The van der Waals surface area contributed by atoms with Gasteiger partial charge in [-0.1, -0.05) is 6.07 Å². The van der Waals surface area contributed by atoms with Crippen LogP contribution in [-0.2, 0) is 6.42 Å². The van der Waals surface area contributed by atoms with Crippen molar-refractivity contribution in [2.75, 3.05) is 32.6 Å². The SMILES string of the molecule is COc1cc(N(C)C)ccc1CCCN. The second-order valence-corrected chi connectivity index (χ2v) is 3.78. The van der Waals surface area contributed by atoms with Crippen molar-refractivity contribution in [2.45, 2.75) is 12.8 Å². The van der Waals surface area contributed by atoms with Gasteiger partial charge in [0.05, 0.1) is 7.11 Å². The Morgan fingerprint density at radius 2 is 2.07 bits per heavy atom. The van der Waals surface area contributed by atoms with E-state index in [1.54, 1.807) is 7.11 Å². The molecule has 3 heteroatoms. The van der Waals surface area contributed by atoms with E-state index in [4.69, 9.17) is 10.5 Å². The highest BCUT2D eigenvalue weighted by Crippen LogP contribution is 2.25. The molecule has 1 rings (SSSR count). The molecule has 0 aliphatic rings. The Balaban J connectivity index is 2.88. The molecule has 0 aliphatic heterocycles. The van der Waals surface area contributed by atoms with Crippen molar-refractivity contribution in [3.05, 3.63) is 23.8 Å². The number of nitrogens with two attached hydrogens (primary N) is 1. The van der Waals surface area contributed by atoms with Gasteiger partial charge < -0.3 is 15.4 Å². The third kappa shape index (κ3) is 3.13. The van der Waals surface area contributed by atoms with E-state index in [0.717, 1.165) is 30.8 Å². The summed E-state index contributed by atoms with van der Waals surface area (Å²) >= 11 is 0. The molecule has 0 heterocycles. The van der Waals surface area contributed by atoms with Gasteiger partial charge in [0.25, 0.3) is 0 Å². The molecule has 0 fully saturated rings. The number of benzene rings is 1. The van der Waals surface area contributed by atoms with Crippen molar-refractivity contribution >= 4 is 5.69 Å². The van der Waals surface area contributed by atoms with E-state index in [1.807, 2.05) is 14.1 Å². The quantitative estimate of drug-likeness (QED) is 0.799. The third-order valence-electron chi connectivity index (χ3n) is 2.44. The number of hydrogen-bond acceptors (Lipinski definition) is 3. The molecular weight excluding hydrogens is 188 g/mol. The molecule has 0 aliphatic carbocycles. The van der Waals surface area contributed by atoms with E-state index < -0.39 is 0 Å². The molecule has 1 aromatic carbocycles. The topological polar surface area (TPSA) is 38.5 Å². The fourth-order valence-electron chi connectivity index (χ4n) is 1.51. The van der Waals surface area contributed by atoms with Crippen LogP contribution in [0.5, 0.6) is 5.75 Å². The first kappa shape index (κ1) is 11.9. The van der Waals surface area contributed by atoms with E-state index in [2.05, 4.69) is 23.1 Å². The van der Waals surface area contributed by atoms with Gasteiger partial charge in [-0.2, -0.15) is 0 Å². The molecular formula is C12H20N2O. The second kappa shape index (κ2) is 5.61. The summed E-state index contributed by atoms with van der Waals surface area (Å²) < 4.78 is 5.37. The maximum atomic E-state index is 5.50. The molecule has 0 saturated heterocycles. The fraction of sp³-hybridized carbons (Fsp3) is 0.500. The lowest BCUT2D eigenvalue weighted by Crippen LogP contribution is -2.09. The lowest BCUT2D eigenvalue weighted by molar-refractivity contribution is 0.409. The summed E-state index contributed by atoms with van der Waals surface area (Å²) in [7, 11) is 5.75. The van der Waals surface area contributed by atoms with E-state index in [-0.39, 0.29) is 0 Å². The number of hydrogen-bond donors (Lipinski definition) is 1. The molecule has 0 radical (unpaired) electrons. The minimum absolute atomic E-state index is 0.721. The lowest BCUT2D eigenvalue weighted by atomic mass is 10.1. The van der Waals surface area contributed by atoms with Gasteiger partial charge >= 0.3 is 0 Å². The van der Waals surface area contributed by atoms with Gasteiger partial charge in [0.2, 0.25) is 0 Å². The molecule has 0 amide bonds. The van der Waals surface area contributed by atoms with E-state index in [0.29, 0.717) is 0 Å². The second-order valence-electron chi connectivity index (χ2n) is 3.78. The van der Waals surface area contributed by atoms with Crippen LogP contribution in [0.3, 0.4) is 0 Å². The zero-order valence-corrected chi connectivity index (χ0v) is 9.79. The summed E-state index contributed by atoms with van der Waals surface area (Å²) in [6.45, 7) is 0.721. The predicted molar refractivity (Wildman–Crippen MR) is 64.7 cm³/mol. The summed E-state index contributed by atoms with van der Waals surface area (Å²) in [5.41, 5.74) is 7.88. The number of anilines is 1. The average molecular weight is 208 g/mol. The first-order valence-corrected chi connectivity index (χ1v) is 5.23. The smallest absolute Gasteiger partial charge is 0.124 e. The van der Waals surface area contributed by atoms with Crippen molar-refractivity contribution in [2.24, 2.45) is 5.73 Å². The van der Waals surface area contributed by atoms with Crippen LogP contribution in [-0.4, -0.2) is 27.7 Å². The number of aryl methyl sites for hydroxylation is 1. The van der Waals surface area contributed by atoms with Gasteiger partial charge in [-0.05, 0) is 31.0 Å². The van der Waals surface area contributed by atoms with Crippen LogP contribution in [0.4, 0.5) is 5.69 Å². The Kier molecular flexibility index (Phi) is 4.43. The molecule has 3 nitrogen and oxygen atoms in total. The normalized spacial score (nSPS) is 10.1. The van der Waals surface area contributed by atoms with Crippen LogP contribution >= 0.6 is 0 Å². The van der Waals surface area contributed by atoms with Gasteiger partial charge in [-0.3, -0.25) is 0 Å². The fourth-order valence-corrected chi connectivity index (χ4v) is 1.51. The van der Waals surface area contributed by atoms with Crippen molar-refractivity contribution in [3.8, 4) is 5.75 Å². The number of methoxy groups -OCH3 is 1. The number of rotatable bonds is 5. The van der Waals surface area contributed by atoms with Crippen molar-refractivity contribution in [1.29, 1.82) is 0 Å². The summed E-state index contributed by atoms with van der Waals surface area (Å²) in [6, 6.07) is 6.28. The molecule has 0 aromatic heterocycles. The first-order valence-electron chi connectivity index (χ1n) is 5.23. The molecule has 0 saturated carbocycles. The number of nitrogens with zero attached hydrogens (tertiary/aromatic N) is 1. The van der Waals surface area contributed by atoms with Gasteiger partial charge in [0.15, 0.2) is 0 Å². The summed E-state index contributed by atoms with van der Waals surface area (Å²) in [6.07, 6.45) is 1.98. The molecule has 15 heavy (non-hydrogen) atoms. The lowest BCUT2D eigenvalue weighted by Gasteiger charge is -2.15. The average Bonchev–Trinajstić information content (AvgIpc) is 2.25. The maximum Gasteiger partial charge on any atom is 0.124 e.